The molecule has 0 fully saturated rings. The van der Waals surface area contributed by atoms with Gasteiger partial charge in [-0.05, 0) is 6.08 Å². The van der Waals surface area contributed by atoms with Crippen LogP contribution >= 0.6 is 0 Å². The minimum absolute atomic E-state index is 0.198. The second-order valence-electron chi connectivity index (χ2n) is 3.63. The highest BCUT2D eigenvalue weighted by molar-refractivity contribution is 5.86. The number of carbonyl (C=O) groups excluding carboxylic acids is 1. The fourth-order valence-corrected chi connectivity index (χ4v) is 0.592. The van der Waals surface area contributed by atoms with E-state index >= 15 is 0 Å². The van der Waals surface area contributed by atoms with Gasteiger partial charge in [-0.3, -0.25) is 10.2 Å². The van der Waals surface area contributed by atoms with Crippen molar-refractivity contribution in [3.63, 3.8) is 0 Å². The highest BCUT2D eigenvalue weighted by Crippen LogP contribution is 1.85. The van der Waals surface area contributed by atoms with Crippen LogP contribution < -0.4 is 10.9 Å². The van der Waals surface area contributed by atoms with Gasteiger partial charge in [0.05, 0.1) is 34.2 Å². The Kier molecular flexibility index (Phi) is 4.54. The normalized spacial score (nSPS) is 10.9. The van der Waals surface area contributed by atoms with Crippen molar-refractivity contribution in [1.29, 1.82) is 0 Å². The van der Waals surface area contributed by atoms with E-state index < -0.39 is 0 Å². The maximum absolute atomic E-state index is 10.6. The predicted molar refractivity (Wildman–Crippen MR) is 49.2 cm³/mol. The first-order chi connectivity index (χ1) is 5.45. The molecule has 70 valence electrons. The monoisotopic (exact) mass is 172 g/mol. The lowest BCUT2D eigenvalue weighted by molar-refractivity contribution is -0.869. The highest BCUT2D eigenvalue weighted by Gasteiger charge is 2.04. The van der Waals surface area contributed by atoms with Crippen LogP contribution in [0.4, 0.5) is 0 Å². The van der Waals surface area contributed by atoms with Gasteiger partial charge >= 0.3 is 0 Å². The molecule has 2 N–H and O–H groups in total. The van der Waals surface area contributed by atoms with E-state index in [1.165, 1.54) is 6.08 Å². The average Bonchev–Trinajstić information content (AvgIpc) is 1.96. The topological polar surface area (TPSA) is 41.1 Å². The summed E-state index contributed by atoms with van der Waals surface area (Å²) in [6, 6.07) is 0. The van der Waals surface area contributed by atoms with Gasteiger partial charge in [-0.15, -0.1) is 0 Å². The molecule has 1 amide bonds. The SMILES string of the molecule is C=CC(=O)NNCC[N+](C)(C)C. The van der Waals surface area contributed by atoms with Gasteiger partial charge in [-0.2, -0.15) is 0 Å². The molecule has 0 heterocycles. The third-order valence-electron chi connectivity index (χ3n) is 1.30. The molecule has 4 nitrogen and oxygen atoms in total. The Labute approximate surface area is 73.8 Å². The van der Waals surface area contributed by atoms with E-state index in [1.807, 2.05) is 0 Å². The molecular formula is C8H18N3O+. The molecule has 0 unspecified atom stereocenters. The quantitative estimate of drug-likeness (QED) is 0.254. The number of quaternary nitrogens is 1. The summed E-state index contributed by atoms with van der Waals surface area (Å²) < 4.78 is 0.872. The molecule has 0 bridgehead atoms. The van der Waals surface area contributed by atoms with Crippen molar-refractivity contribution in [3.05, 3.63) is 12.7 Å². The van der Waals surface area contributed by atoms with E-state index in [0.29, 0.717) is 0 Å². The van der Waals surface area contributed by atoms with Gasteiger partial charge in [-0.25, -0.2) is 5.43 Å². The van der Waals surface area contributed by atoms with Gasteiger partial charge in [0.15, 0.2) is 0 Å². The molecule has 0 spiro atoms. The minimum atomic E-state index is -0.198. The number of nitrogens with one attached hydrogen (secondary N) is 2. The summed E-state index contributed by atoms with van der Waals surface area (Å²) >= 11 is 0. The van der Waals surface area contributed by atoms with E-state index in [9.17, 15) is 4.79 Å². The van der Waals surface area contributed by atoms with Crippen LogP contribution in [0.15, 0.2) is 12.7 Å². The summed E-state index contributed by atoms with van der Waals surface area (Å²) in [5.74, 6) is -0.198. The Morgan fingerprint density at radius 1 is 1.50 bits per heavy atom. The van der Waals surface area contributed by atoms with Crippen molar-refractivity contribution in [3.8, 4) is 0 Å². The first kappa shape index (κ1) is 11.1. The van der Waals surface area contributed by atoms with Crippen molar-refractivity contribution in [2.45, 2.75) is 0 Å². The molecule has 0 saturated carbocycles. The molecule has 0 aromatic heterocycles. The van der Waals surface area contributed by atoms with E-state index in [2.05, 4.69) is 38.6 Å². The zero-order valence-electron chi connectivity index (χ0n) is 8.05. The summed E-state index contributed by atoms with van der Waals surface area (Å²) in [6.07, 6.45) is 1.24. The van der Waals surface area contributed by atoms with E-state index in [1.54, 1.807) is 0 Å². The molecule has 0 aliphatic rings. The van der Waals surface area contributed by atoms with Crippen LogP contribution in [-0.4, -0.2) is 44.6 Å². The van der Waals surface area contributed by atoms with Crippen molar-refractivity contribution in [1.82, 2.24) is 10.9 Å². The van der Waals surface area contributed by atoms with Gasteiger partial charge in [0, 0.05) is 0 Å². The first-order valence-corrected chi connectivity index (χ1v) is 3.91. The Morgan fingerprint density at radius 3 is 2.50 bits per heavy atom. The third-order valence-corrected chi connectivity index (χ3v) is 1.30. The van der Waals surface area contributed by atoms with Crippen molar-refractivity contribution in [2.75, 3.05) is 34.2 Å². The highest BCUT2D eigenvalue weighted by atomic mass is 16.2. The van der Waals surface area contributed by atoms with Gasteiger partial charge < -0.3 is 4.48 Å². The number of amides is 1. The lowest BCUT2D eigenvalue weighted by atomic mass is 10.5. The van der Waals surface area contributed by atoms with Gasteiger partial charge in [-0.1, -0.05) is 6.58 Å². The molecule has 0 radical (unpaired) electrons. The molecule has 0 saturated heterocycles. The van der Waals surface area contributed by atoms with Crippen LogP contribution in [0.25, 0.3) is 0 Å². The molecule has 0 aliphatic carbocycles. The van der Waals surface area contributed by atoms with E-state index in [4.69, 9.17) is 0 Å². The number of nitrogens with zero attached hydrogens (tertiary/aromatic N) is 1. The van der Waals surface area contributed by atoms with Crippen LogP contribution in [0, 0.1) is 0 Å². The molecule has 0 atom stereocenters. The number of likely N-dealkylation sites (N-methyl/N-ethyl adjacent to an activating group) is 1. The second-order valence-corrected chi connectivity index (χ2v) is 3.63. The number of hydrogen-bond donors (Lipinski definition) is 2. The lowest BCUT2D eigenvalue weighted by Gasteiger charge is -2.23. The Bertz CT molecular complexity index is 160. The summed E-state index contributed by atoms with van der Waals surface area (Å²) in [5.41, 5.74) is 5.29. The molecule has 0 aromatic carbocycles. The standard InChI is InChI=1S/C8H17N3O/c1-5-8(12)10-9-6-7-11(2,3)4/h5,9H,1,6-7H2,2-4H3/p+1. The van der Waals surface area contributed by atoms with Crippen molar-refractivity contribution in [2.24, 2.45) is 0 Å². The van der Waals surface area contributed by atoms with Crippen LogP contribution in [0.3, 0.4) is 0 Å². The van der Waals surface area contributed by atoms with Crippen LogP contribution in [-0.2, 0) is 4.79 Å². The zero-order chi connectivity index (χ0) is 9.61. The number of hydrazine groups is 1. The minimum Gasteiger partial charge on any atom is -0.330 e. The zero-order valence-corrected chi connectivity index (χ0v) is 8.05. The van der Waals surface area contributed by atoms with E-state index in [-0.39, 0.29) is 5.91 Å². The summed E-state index contributed by atoms with van der Waals surface area (Å²) in [7, 11) is 6.28. The molecule has 0 aliphatic heterocycles. The second kappa shape index (κ2) is 4.90. The fourth-order valence-electron chi connectivity index (χ4n) is 0.592. The van der Waals surface area contributed by atoms with Gasteiger partial charge in [0.2, 0.25) is 0 Å². The van der Waals surface area contributed by atoms with Crippen LogP contribution in [0.2, 0.25) is 0 Å². The third kappa shape index (κ3) is 7.24. The maximum atomic E-state index is 10.6. The average molecular weight is 172 g/mol. The van der Waals surface area contributed by atoms with Crippen molar-refractivity contribution < 1.29 is 9.28 Å². The molecule has 0 rings (SSSR count). The summed E-state index contributed by atoms with van der Waals surface area (Å²) in [6.45, 7) is 5.04. The van der Waals surface area contributed by atoms with Crippen molar-refractivity contribution >= 4 is 5.91 Å². The maximum Gasteiger partial charge on any atom is 0.257 e. The lowest BCUT2D eigenvalue weighted by Crippen LogP contribution is -2.45. The Morgan fingerprint density at radius 2 is 2.08 bits per heavy atom. The smallest absolute Gasteiger partial charge is 0.257 e. The predicted octanol–water partition coefficient (Wildman–Crippen LogP) is -0.501. The number of rotatable bonds is 5. The number of hydrogen-bond acceptors (Lipinski definition) is 2. The number of carbonyl (C=O) groups is 1. The molecular weight excluding hydrogens is 154 g/mol. The Hall–Kier alpha value is -0.870. The molecule has 0 aromatic rings. The Balaban J connectivity index is 3.34. The van der Waals surface area contributed by atoms with Crippen LogP contribution in [0.5, 0.6) is 0 Å². The van der Waals surface area contributed by atoms with Crippen LogP contribution in [0.1, 0.15) is 0 Å². The summed E-state index contributed by atoms with van der Waals surface area (Å²) in [4.78, 5) is 10.6. The molecule has 12 heavy (non-hydrogen) atoms. The molecule has 4 heteroatoms. The summed E-state index contributed by atoms with van der Waals surface area (Å²) in [5, 5.41) is 0. The van der Waals surface area contributed by atoms with E-state index in [0.717, 1.165) is 17.6 Å². The fraction of sp³-hybridized carbons (Fsp3) is 0.625. The first-order valence-electron chi connectivity index (χ1n) is 3.91. The van der Waals surface area contributed by atoms with Gasteiger partial charge in [0.1, 0.15) is 0 Å². The largest absolute Gasteiger partial charge is 0.330 e. The van der Waals surface area contributed by atoms with Gasteiger partial charge in [0.25, 0.3) is 5.91 Å².